The fraction of sp³-hybridized carbons (Fsp3) is 0.500. The van der Waals surface area contributed by atoms with Crippen molar-refractivity contribution in [1.82, 2.24) is 19.5 Å². The molecule has 206 valence electrons. The Labute approximate surface area is 234 Å². The number of carbonyl (C=O) groups excluding carboxylic acids is 1. The second-order valence-corrected chi connectivity index (χ2v) is 11.5. The number of imidazole rings is 1. The maximum absolute atomic E-state index is 13.6. The van der Waals surface area contributed by atoms with E-state index in [9.17, 15) is 18.8 Å². The number of carbonyl (C=O) groups is 1. The van der Waals surface area contributed by atoms with Gasteiger partial charge in [-0.1, -0.05) is 30.1 Å². The average molecular weight is 577 g/mol. The van der Waals surface area contributed by atoms with Gasteiger partial charge in [-0.05, 0) is 50.7 Å². The lowest BCUT2D eigenvalue weighted by atomic mass is 9.73. The monoisotopic (exact) mass is 576 g/mol. The summed E-state index contributed by atoms with van der Waals surface area (Å²) in [5.41, 5.74) is 6.86. The van der Waals surface area contributed by atoms with Crippen molar-refractivity contribution in [2.45, 2.75) is 76.3 Å². The number of rotatable bonds is 6. The van der Waals surface area contributed by atoms with E-state index in [-0.39, 0.29) is 40.9 Å². The second-order valence-electron chi connectivity index (χ2n) is 10.7. The minimum atomic E-state index is -2.63. The lowest BCUT2D eigenvalue weighted by Gasteiger charge is -2.35. The summed E-state index contributed by atoms with van der Waals surface area (Å²) < 4.78 is 29.2. The van der Waals surface area contributed by atoms with Crippen LogP contribution in [0.25, 0.3) is 11.2 Å². The number of nitriles is 1. The summed E-state index contributed by atoms with van der Waals surface area (Å²) in [6.07, 6.45) is 4.38. The summed E-state index contributed by atoms with van der Waals surface area (Å²) in [5, 5.41) is 16.2. The van der Waals surface area contributed by atoms with Crippen molar-refractivity contribution in [3.05, 3.63) is 33.9 Å². The maximum atomic E-state index is 13.6. The summed E-state index contributed by atoms with van der Waals surface area (Å²) in [5.74, 6) is -2.19. The molecule has 2 saturated carbocycles. The minimum Gasteiger partial charge on any atom is -0.369 e. The molecular formula is C26H28Cl2F2N8O. The molecule has 5 rings (SSSR count). The molecule has 1 aromatic carbocycles. The summed E-state index contributed by atoms with van der Waals surface area (Å²) in [6.45, 7) is 1.88. The van der Waals surface area contributed by atoms with Crippen LogP contribution in [0.15, 0.2) is 18.3 Å². The van der Waals surface area contributed by atoms with Gasteiger partial charge < -0.3 is 16.4 Å². The minimum absolute atomic E-state index is 0.0722. The zero-order chi connectivity index (χ0) is 27.9. The van der Waals surface area contributed by atoms with Crippen LogP contribution in [-0.2, 0) is 4.79 Å². The second kappa shape index (κ2) is 10.4. The standard InChI is InChI=1S/C26H28Cl2F2N8O/c1-25(22(32)39)6-4-16(5-7-25)38-21-19(13-33-23(37-21)34-15-2-8-26(29,30)9-3-15)35-24(38)36-20-17(27)10-14(12-31)11-18(20)28/h10-11,13,15-16H,2-9H2,1H3,(H2,32,39)(H,35,36)(H,33,34,37). The Kier molecular flexibility index (Phi) is 7.29. The molecule has 0 saturated heterocycles. The maximum Gasteiger partial charge on any atom is 0.248 e. The Morgan fingerprint density at radius 2 is 1.77 bits per heavy atom. The van der Waals surface area contributed by atoms with Crippen LogP contribution in [0.2, 0.25) is 10.0 Å². The third-order valence-electron chi connectivity index (χ3n) is 7.91. The molecule has 13 heteroatoms. The lowest BCUT2D eigenvalue weighted by molar-refractivity contribution is -0.128. The first-order valence-corrected chi connectivity index (χ1v) is 13.6. The van der Waals surface area contributed by atoms with E-state index in [1.807, 2.05) is 17.6 Å². The van der Waals surface area contributed by atoms with Crippen LogP contribution in [-0.4, -0.2) is 37.4 Å². The number of aromatic nitrogens is 4. The molecule has 0 spiro atoms. The molecular weight excluding hydrogens is 549 g/mol. The Balaban J connectivity index is 1.51. The zero-order valence-corrected chi connectivity index (χ0v) is 22.8. The smallest absolute Gasteiger partial charge is 0.248 e. The molecule has 39 heavy (non-hydrogen) atoms. The summed E-state index contributed by atoms with van der Waals surface area (Å²) >= 11 is 12.9. The number of amides is 1. The van der Waals surface area contributed by atoms with Crippen molar-refractivity contribution in [3.8, 4) is 6.07 Å². The number of nitrogens with two attached hydrogens (primary N) is 1. The first kappa shape index (κ1) is 27.3. The van der Waals surface area contributed by atoms with E-state index in [2.05, 4.69) is 15.6 Å². The van der Waals surface area contributed by atoms with Crippen LogP contribution in [0, 0.1) is 16.7 Å². The number of anilines is 3. The third kappa shape index (κ3) is 5.58. The van der Waals surface area contributed by atoms with Gasteiger partial charge in [-0.25, -0.2) is 18.7 Å². The van der Waals surface area contributed by atoms with E-state index in [0.29, 0.717) is 72.8 Å². The van der Waals surface area contributed by atoms with Gasteiger partial charge in [0.1, 0.15) is 5.52 Å². The Bertz CT molecular complexity index is 1430. The molecule has 0 aliphatic heterocycles. The predicted molar refractivity (Wildman–Crippen MR) is 145 cm³/mol. The van der Waals surface area contributed by atoms with Gasteiger partial charge in [-0.2, -0.15) is 10.2 Å². The fourth-order valence-electron chi connectivity index (χ4n) is 5.37. The van der Waals surface area contributed by atoms with Crippen molar-refractivity contribution in [2.75, 3.05) is 10.6 Å². The van der Waals surface area contributed by atoms with Gasteiger partial charge in [0.25, 0.3) is 0 Å². The van der Waals surface area contributed by atoms with Crippen LogP contribution >= 0.6 is 23.2 Å². The Hall–Kier alpha value is -3.23. The summed E-state index contributed by atoms with van der Waals surface area (Å²) in [4.78, 5) is 25.9. The molecule has 1 amide bonds. The quantitative estimate of drug-likeness (QED) is 0.311. The van der Waals surface area contributed by atoms with Crippen molar-refractivity contribution in [2.24, 2.45) is 11.1 Å². The number of nitrogens with zero attached hydrogens (tertiary/aromatic N) is 5. The van der Waals surface area contributed by atoms with Crippen molar-refractivity contribution < 1.29 is 13.6 Å². The van der Waals surface area contributed by atoms with Gasteiger partial charge in [0.15, 0.2) is 5.65 Å². The molecule has 2 aliphatic rings. The lowest BCUT2D eigenvalue weighted by Crippen LogP contribution is -2.38. The molecule has 4 N–H and O–H groups in total. The number of benzene rings is 1. The number of halogens is 4. The van der Waals surface area contributed by atoms with E-state index < -0.39 is 11.3 Å². The van der Waals surface area contributed by atoms with Gasteiger partial charge in [-0.3, -0.25) is 9.36 Å². The highest BCUT2D eigenvalue weighted by atomic mass is 35.5. The van der Waals surface area contributed by atoms with E-state index in [1.54, 1.807) is 6.20 Å². The molecule has 2 aliphatic carbocycles. The molecule has 2 fully saturated rings. The number of primary amides is 1. The van der Waals surface area contributed by atoms with Crippen LogP contribution in [0.3, 0.4) is 0 Å². The fourth-order valence-corrected chi connectivity index (χ4v) is 5.96. The normalized spacial score (nSPS) is 23.3. The highest BCUT2D eigenvalue weighted by Crippen LogP contribution is 2.44. The van der Waals surface area contributed by atoms with Crippen LogP contribution in [0.5, 0.6) is 0 Å². The van der Waals surface area contributed by atoms with Gasteiger partial charge >= 0.3 is 0 Å². The van der Waals surface area contributed by atoms with Crippen LogP contribution in [0.4, 0.5) is 26.4 Å². The average Bonchev–Trinajstić information content (AvgIpc) is 3.25. The molecule has 0 radical (unpaired) electrons. The molecule has 0 atom stereocenters. The number of hydrogen-bond acceptors (Lipinski definition) is 7. The van der Waals surface area contributed by atoms with Crippen molar-refractivity contribution in [1.29, 1.82) is 5.26 Å². The SMILES string of the molecule is CC1(C(N)=O)CCC(n2c(Nc3c(Cl)cc(C#N)cc3Cl)nc3cnc(NC4CCC(F)(F)CC4)nc32)CC1. The highest BCUT2D eigenvalue weighted by molar-refractivity contribution is 6.39. The third-order valence-corrected chi connectivity index (χ3v) is 8.51. The molecule has 2 aromatic heterocycles. The largest absolute Gasteiger partial charge is 0.369 e. The molecule has 0 unspecified atom stereocenters. The van der Waals surface area contributed by atoms with Crippen molar-refractivity contribution in [3.63, 3.8) is 0 Å². The summed E-state index contributed by atoms with van der Waals surface area (Å²) in [7, 11) is 0. The topological polar surface area (TPSA) is 135 Å². The predicted octanol–water partition coefficient (Wildman–Crippen LogP) is 6.34. The van der Waals surface area contributed by atoms with Gasteiger partial charge in [0.05, 0.1) is 33.6 Å². The van der Waals surface area contributed by atoms with Gasteiger partial charge in [-0.15, -0.1) is 0 Å². The molecule has 3 aromatic rings. The molecule has 2 heterocycles. The van der Waals surface area contributed by atoms with Gasteiger partial charge in [0, 0.05) is 30.3 Å². The first-order valence-electron chi connectivity index (χ1n) is 12.8. The highest BCUT2D eigenvalue weighted by Gasteiger charge is 2.38. The number of hydrogen-bond donors (Lipinski definition) is 3. The Morgan fingerprint density at radius 1 is 1.13 bits per heavy atom. The van der Waals surface area contributed by atoms with Crippen LogP contribution in [0.1, 0.15) is 69.9 Å². The first-order chi connectivity index (χ1) is 18.5. The summed E-state index contributed by atoms with van der Waals surface area (Å²) in [6, 6.07) is 4.82. The molecule has 0 bridgehead atoms. The number of nitrogens with one attached hydrogen (secondary N) is 2. The van der Waals surface area contributed by atoms with E-state index in [1.165, 1.54) is 12.1 Å². The number of fused-ring (bicyclic) bond motifs is 1. The molecule has 9 nitrogen and oxygen atoms in total. The number of alkyl halides is 2. The van der Waals surface area contributed by atoms with E-state index >= 15 is 0 Å². The van der Waals surface area contributed by atoms with Gasteiger partial charge in [0.2, 0.25) is 23.7 Å². The van der Waals surface area contributed by atoms with E-state index in [4.69, 9.17) is 38.9 Å². The Morgan fingerprint density at radius 3 is 2.36 bits per heavy atom. The van der Waals surface area contributed by atoms with E-state index in [0.717, 1.165) is 0 Å². The zero-order valence-electron chi connectivity index (χ0n) is 21.3. The van der Waals surface area contributed by atoms with Crippen LogP contribution < -0.4 is 16.4 Å². The van der Waals surface area contributed by atoms with Crippen molar-refractivity contribution >= 4 is 57.9 Å².